The summed E-state index contributed by atoms with van der Waals surface area (Å²) in [4.78, 5) is 17.1. The Labute approximate surface area is 130 Å². The molecule has 3 nitrogen and oxygen atoms in total. The van der Waals surface area contributed by atoms with Crippen molar-refractivity contribution in [1.82, 2.24) is 9.80 Å². The summed E-state index contributed by atoms with van der Waals surface area (Å²) < 4.78 is 0. The first-order chi connectivity index (χ1) is 10.3. The molecule has 1 aromatic heterocycles. The van der Waals surface area contributed by atoms with E-state index in [1.165, 1.54) is 31.4 Å². The van der Waals surface area contributed by atoms with Crippen LogP contribution in [-0.2, 0) is 11.3 Å². The Morgan fingerprint density at radius 3 is 2.90 bits per heavy atom. The number of thiophene rings is 1. The highest BCUT2D eigenvalue weighted by Gasteiger charge is 2.40. The normalized spacial score (nSPS) is 30.2. The molecule has 1 amide bonds. The van der Waals surface area contributed by atoms with Gasteiger partial charge in [0.2, 0.25) is 5.91 Å². The van der Waals surface area contributed by atoms with Crippen LogP contribution in [0.15, 0.2) is 16.8 Å². The molecule has 0 spiro atoms. The fraction of sp³-hybridized carbons (Fsp3) is 0.706. The molecule has 4 rings (SSSR count). The van der Waals surface area contributed by atoms with Gasteiger partial charge in [-0.15, -0.1) is 0 Å². The van der Waals surface area contributed by atoms with Crippen molar-refractivity contribution in [3.8, 4) is 0 Å². The molecule has 3 fully saturated rings. The van der Waals surface area contributed by atoms with Crippen molar-refractivity contribution in [2.24, 2.45) is 11.8 Å². The first-order valence-corrected chi connectivity index (χ1v) is 9.29. The maximum absolute atomic E-state index is 12.3. The average molecular weight is 304 g/mol. The van der Waals surface area contributed by atoms with Crippen molar-refractivity contribution in [3.63, 3.8) is 0 Å². The second-order valence-electron chi connectivity index (χ2n) is 6.92. The van der Waals surface area contributed by atoms with Crippen LogP contribution in [0.4, 0.5) is 0 Å². The van der Waals surface area contributed by atoms with E-state index in [2.05, 4.69) is 26.6 Å². The number of hydrogen-bond acceptors (Lipinski definition) is 3. The molecule has 114 valence electrons. The summed E-state index contributed by atoms with van der Waals surface area (Å²) in [5, 5.41) is 4.45. The number of rotatable bonds is 3. The van der Waals surface area contributed by atoms with Gasteiger partial charge in [0.05, 0.1) is 0 Å². The number of amides is 1. The number of fused-ring (bicyclic) bond motifs is 1. The summed E-state index contributed by atoms with van der Waals surface area (Å²) in [7, 11) is 0. The third kappa shape index (κ3) is 2.88. The van der Waals surface area contributed by atoms with E-state index >= 15 is 0 Å². The van der Waals surface area contributed by atoms with Crippen LogP contribution in [0.1, 0.15) is 37.7 Å². The Kier molecular flexibility index (Phi) is 3.76. The maximum atomic E-state index is 12.3. The van der Waals surface area contributed by atoms with Crippen molar-refractivity contribution in [2.75, 3.05) is 19.6 Å². The summed E-state index contributed by atoms with van der Waals surface area (Å²) in [5.41, 5.74) is 1.46. The van der Waals surface area contributed by atoms with Crippen LogP contribution in [0.5, 0.6) is 0 Å². The molecule has 3 heterocycles. The third-order valence-corrected chi connectivity index (χ3v) is 6.12. The van der Waals surface area contributed by atoms with Gasteiger partial charge in [0, 0.05) is 31.6 Å². The van der Waals surface area contributed by atoms with Gasteiger partial charge >= 0.3 is 0 Å². The monoisotopic (exact) mass is 304 g/mol. The van der Waals surface area contributed by atoms with Crippen LogP contribution in [0.25, 0.3) is 0 Å². The summed E-state index contributed by atoms with van der Waals surface area (Å²) in [6.07, 6.45) is 6.03. The van der Waals surface area contributed by atoms with Gasteiger partial charge in [-0.3, -0.25) is 9.69 Å². The minimum atomic E-state index is 0.382. The second kappa shape index (κ2) is 5.73. The Hall–Kier alpha value is -0.870. The lowest BCUT2D eigenvalue weighted by atomic mass is 9.83. The highest BCUT2D eigenvalue weighted by Crippen LogP contribution is 2.36. The number of carbonyl (C=O) groups is 1. The smallest absolute Gasteiger partial charge is 0.225 e. The Morgan fingerprint density at radius 2 is 2.14 bits per heavy atom. The molecule has 4 heteroatoms. The molecule has 2 saturated heterocycles. The summed E-state index contributed by atoms with van der Waals surface area (Å²) >= 11 is 1.79. The minimum absolute atomic E-state index is 0.382. The van der Waals surface area contributed by atoms with Crippen LogP contribution < -0.4 is 0 Å². The lowest BCUT2D eigenvalue weighted by Gasteiger charge is -2.47. The van der Waals surface area contributed by atoms with E-state index in [-0.39, 0.29) is 0 Å². The molecule has 0 N–H and O–H groups in total. The average Bonchev–Trinajstić information content (AvgIpc) is 3.24. The van der Waals surface area contributed by atoms with Crippen LogP contribution in [-0.4, -0.2) is 41.4 Å². The van der Waals surface area contributed by atoms with Crippen molar-refractivity contribution >= 4 is 17.2 Å². The molecule has 2 aliphatic heterocycles. The van der Waals surface area contributed by atoms with E-state index < -0.39 is 0 Å². The number of hydrogen-bond donors (Lipinski definition) is 0. The maximum Gasteiger partial charge on any atom is 0.225 e. The van der Waals surface area contributed by atoms with Gasteiger partial charge in [-0.1, -0.05) is 0 Å². The van der Waals surface area contributed by atoms with E-state index in [0.717, 1.165) is 32.5 Å². The zero-order valence-electron chi connectivity index (χ0n) is 12.5. The zero-order chi connectivity index (χ0) is 14.2. The van der Waals surface area contributed by atoms with E-state index in [4.69, 9.17) is 0 Å². The quantitative estimate of drug-likeness (QED) is 0.857. The van der Waals surface area contributed by atoms with Gasteiger partial charge in [-0.2, -0.15) is 11.3 Å². The third-order valence-electron chi connectivity index (χ3n) is 5.39. The van der Waals surface area contributed by atoms with Gasteiger partial charge in [-0.05, 0) is 67.0 Å². The molecule has 1 aromatic rings. The zero-order valence-corrected chi connectivity index (χ0v) is 13.4. The van der Waals surface area contributed by atoms with Gasteiger partial charge in [0.15, 0.2) is 0 Å². The molecule has 0 aromatic carbocycles. The summed E-state index contributed by atoms with van der Waals surface area (Å²) in [5.74, 6) is 1.53. The van der Waals surface area contributed by atoms with E-state index in [1.54, 1.807) is 11.3 Å². The predicted molar refractivity (Wildman–Crippen MR) is 85.2 cm³/mol. The molecule has 1 saturated carbocycles. The molecule has 21 heavy (non-hydrogen) atoms. The molecule has 0 unspecified atom stereocenters. The lowest BCUT2D eigenvalue weighted by Crippen LogP contribution is -2.55. The van der Waals surface area contributed by atoms with E-state index in [0.29, 0.717) is 23.8 Å². The molecular formula is C17H24N2OS. The molecular weight excluding hydrogens is 280 g/mol. The number of carbonyl (C=O) groups excluding carboxylic acids is 1. The lowest BCUT2D eigenvalue weighted by molar-refractivity contribution is -0.136. The molecule has 0 radical (unpaired) electrons. The fourth-order valence-electron chi connectivity index (χ4n) is 4.11. The Balaban J connectivity index is 1.41. The molecule has 1 aliphatic carbocycles. The van der Waals surface area contributed by atoms with Gasteiger partial charge in [-0.25, -0.2) is 0 Å². The largest absolute Gasteiger partial charge is 0.342 e. The molecule has 0 bridgehead atoms. The molecule has 3 aliphatic rings. The van der Waals surface area contributed by atoms with Gasteiger partial charge in [0.1, 0.15) is 0 Å². The summed E-state index contributed by atoms with van der Waals surface area (Å²) in [6, 6.07) is 2.95. The van der Waals surface area contributed by atoms with Gasteiger partial charge in [0.25, 0.3) is 0 Å². The SMILES string of the molecule is O=C(C1CC1)N1CC[C@H]2[C@H](CCCN2Cc2ccsc2)C1. The van der Waals surface area contributed by atoms with Crippen LogP contribution in [0.3, 0.4) is 0 Å². The first kappa shape index (κ1) is 13.8. The fourth-order valence-corrected chi connectivity index (χ4v) is 4.77. The van der Waals surface area contributed by atoms with Crippen LogP contribution in [0, 0.1) is 11.8 Å². The topological polar surface area (TPSA) is 23.6 Å². The number of nitrogens with zero attached hydrogens (tertiary/aromatic N) is 2. The second-order valence-corrected chi connectivity index (χ2v) is 7.70. The van der Waals surface area contributed by atoms with Crippen molar-refractivity contribution < 1.29 is 4.79 Å². The van der Waals surface area contributed by atoms with Crippen molar-refractivity contribution in [1.29, 1.82) is 0 Å². The Bertz CT molecular complexity index is 497. The summed E-state index contributed by atoms with van der Waals surface area (Å²) in [6.45, 7) is 4.32. The Morgan fingerprint density at radius 1 is 1.24 bits per heavy atom. The standard InChI is InChI=1S/C17H24N2OS/c20-17(14-3-4-14)19-8-5-16-15(11-19)2-1-7-18(16)10-13-6-9-21-12-13/h6,9,12,14-16H,1-5,7-8,10-11H2/t15-,16+/m1/s1. The highest BCUT2D eigenvalue weighted by atomic mass is 32.1. The molecule has 2 atom stereocenters. The highest BCUT2D eigenvalue weighted by molar-refractivity contribution is 7.07. The first-order valence-electron chi connectivity index (χ1n) is 8.35. The van der Waals surface area contributed by atoms with Crippen molar-refractivity contribution in [3.05, 3.63) is 22.4 Å². The minimum Gasteiger partial charge on any atom is -0.342 e. The van der Waals surface area contributed by atoms with E-state index in [9.17, 15) is 4.79 Å². The van der Waals surface area contributed by atoms with Crippen LogP contribution >= 0.6 is 11.3 Å². The van der Waals surface area contributed by atoms with Gasteiger partial charge < -0.3 is 4.90 Å². The predicted octanol–water partition coefficient (Wildman–Crippen LogP) is 2.97. The number of piperidine rings is 2. The van der Waals surface area contributed by atoms with Crippen LogP contribution in [0.2, 0.25) is 0 Å². The number of likely N-dealkylation sites (tertiary alicyclic amines) is 2. The van der Waals surface area contributed by atoms with Crippen molar-refractivity contribution in [2.45, 2.75) is 44.7 Å². The van der Waals surface area contributed by atoms with E-state index in [1.807, 2.05) is 0 Å².